The van der Waals surface area contributed by atoms with E-state index < -0.39 is 23.5 Å². The molecule has 0 aliphatic rings. The van der Waals surface area contributed by atoms with E-state index in [0.29, 0.717) is 35.7 Å². The molecule has 0 saturated carbocycles. The monoisotopic (exact) mass is 679 g/mol. The number of hydrogen-bond acceptors (Lipinski definition) is 8. The normalized spacial score (nSPS) is 14.7. The van der Waals surface area contributed by atoms with Gasteiger partial charge in [-0.3, -0.25) is 4.57 Å². The van der Waals surface area contributed by atoms with Gasteiger partial charge < -0.3 is 24.5 Å². The van der Waals surface area contributed by atoms with Crippen LogP contribution in [0.25, 0.3) is 11.2 Å². The van der Waals surface area contributed by atoms with E-state index in [4.69, 9.17) is 15.0 Å². The zero-order valence-electron chi connectivity index (χ0n) is 26.8. The van der Waals surface area contributed by atoms with Gasteiger partial charge in [-0.1, -0.05) is 49.7 Å². The number of ether oxygens (including phenoxy) is 1. The van der Waals surface area contributed by atoms with Gasteiger partial charge in [-0.25, -0.2) is 23.7 Å². The maximum Gasteiger partial charge on any atom is 0.353 e. The Kier molecular flexibility index (Phi) is 17.6. The minimum atomic E-state index is -3.83. The Labute approximate surface area is 268 Å². The third-order valence-electron chi connectivity index (χ3n) is 6.87. The molecule has 2 atom stereocenters. The van der Waals surface area contributed by atoms with Crippen molar-refractivity contribution < 1.29 is 27.5 Å². The second kappa shape index (κ2) is 20.0. The second-order valence-corrected chi connectivity index (χ2v) is 18.5. The summed E-state index contributed by atoms with van der Waals surface area (Å²) < 4.78 is 51.0. The fourth-order valence-corrected chi connectivity index (χ4v) is 7.63. The Bertz CT molecular complexity index is 1220. The first kappa shape index (κ1) is 38.8. The van der Waals surface area contributed by atoms with Crippen LogP contribution in [0.15, 0.2) is 12.7 Å². The molecule has 2 heterocycles. The highest BCUT2D eigenvalue weighted by molar-refractivity contribution is 8.36. The number of unbranched alkanes of at least 4 members (excludes halogenated alkanes) is 8. The zero-order valence-corrected chi connectivity index (χ0v) is 29.3. The predicted molar refractivity (Wildman–Crippen MR) is 182 cm³/mol. The van der Waals surface area contributed by atoms with E-state index in [1.54, 1.807) is 17.8 Å². The molecule has 0 saturated heterocycles. The Balaban J connectivity index is 1.39. The molecule has 14 heteroatoms. The van der Waals surface area contributed by atoms with Gasteiger partial charge in [-0.2, -0.15) is 21.8 Å². The summed E-state index contributed by atoms with van der Waals surface area (Å²) in [6.07, 6.45) is 17.4. The SMILES string of the molecule is C[C@H](Cn1cnc2c(N)ncnc21)OCP(=O)(O)OCCCSCCCCCCCCCCC#CS(C)(C)CCC(C)(F)F. The molecule has 0 aliphatic carbocycles. The summed E-state index contributed by atoms with van der Waals surface area (Å²) in [5.74, 6) is 3.41. The second-order valence-electron chi connectivity index (χ2n) is 11.8. The summed E-state index contributed by atoms with van der Waals surface area (Å²) in [4.78, 5) is 22.4. The van der Waals surface area contributed by atoms with Crippen LogP contribution in [0.1, 0.15) is 84.5 Å². The lowest BCUT2D eigenvalue weighted by Crippen LogP contribution is -2.17. The van der Waals surface area contributed by atoms with Crippen LogP contribution in [0.3, 0.4) is 0 Å². The topological polar surface area (TPSA) is 125 Å². The summed E-state index contributed by atoms with van der Waals surface area (Å²) in [7, 11) is -5.07. The average molecular weight is 680 g/mol. The lowest BCUT2D eigenvalue weighted by Gasteiger charge is -2.25. The highest BCUT2D eigenvalue weighted by Crippen LogP contribution is 2.42. The lowest BCUT2D eigenvalue weighted by molar-refractivity contribution is 0.0192. The van der Waals surface area contributed by atoms with E-state index in [1.165, 1.54) is 51.3 Å². The van der Waals surface area contributed by atoms with Crippen LogP contribution in [0.4, 0.5) is 14.6 Å². The van der Waals surface area contributed by atoms with Gasteiger partial charge in [0.1, 0.15) is 18.2 Å². The van der Waals surface area contributed by atoms with Gasteiger partial charge in [0.25, 0.3) is 0 Å². The number of aromatic nitrogens is 4. The average Bonchev–Trinajstić information content (AvgIpc) is 3.36. The van der Waals surface area contributed by atoms with Crippen molar-refractivity contribution in [1.29, 1.82) is 0 Å². The van der Waals surface area contributed by atoms with Crippen molar-refractivity contribution in [2.24, 2.45) is 0 Å². The summed E-state index contributed by atoms with van der Waals surface area (Å²) in [6, 6.07) is 0. The van der Waals surface area contributed by atoms with Crippen molar-refractivity contribution in [3.8, 4) is 11.2 Å². The number of nitrogens with zero attached hydrogens (tertiary/aromatic N) is 4. The quantitative estimate of drug-likeness (QED) is 0.0691. The molecule has 0 aliphatic heterocycles. The molecule has 0 radical (unpaired) electrons. The number of nitrogen functional groups attached to an aromatic ring is 1. The molecule has 44 heavy (non-hydrogen) atoms. The summed E-state index contributed by atoms with van der Waals surface area (Å²) in [5, 5.41) is 3.26. The molecule has 0 bridgehead atoms. The first-order valence-electron chi connectivity index (χ1n) is 15.4. The molecule has 2 aromatic rings. The van der Waals surface area contributed by atoms with Crippen molar-refractivity contribution in [2.45, 2.75) is 103 Å². The van der Waals surface area contributed by atoms with Gasteiger partial charge in [-0.15, -0.1) is 0 Å². The molecule has 2 aromatic heterocycles. The van der Waals surface area contributed by atoms with Crippen LogP contribution in [-0.2, 0) is 20.4 Å². The fourth-order valence-electron chi connectivity index (χ4n) is 4.30. The van der Waals surface area contributed by atoms with Gasteiger partial charge in [-0.05, 0) is 62.9 Å². The smallest absolute Gasteiger partial charge is 0.353 e. The molecule has 2 rings (SSSR count). The van der Waals surface area contributed by atoms with Crippen LogP contribution in [0.5, 0.6) is 0 Å². The van der Waals surface area contributed by atoms with Gasteiger partial charge >= 0.3 is 7.60 Å². The standard InChI is InChI=1S/C30H52F2N5O4PS2/c1-26(22-37-24-36-27-28(33)34-23-35-29(27)37)40-25-42(38,39)41-17-15-19-43-18-13-11-9-7-5-6-8-10-12-14-20-44(3,4)21-16-30(2,31)32/h23-24,26H,5-13,15-19,21-22,25H2,1-4H3,(H,38,39)(H2,33,34,35)/t26-/m1/s1. The van der Waals surface area contributed by atoms with E-state index in [9.17, 15) is 18.2 Å². The molecule has 252 valence electrons. The van der Waals surface area contributed by atoms with Gasteiger partial charge in [0.15, 0.2) is 11.5 Å². The first-order chi connectivity index (χ1) is 20.8. The number of imidazole rings is 1. The van der Waals surface area contributed by atoms with E-state index in [1.807, 2.05) is 24.3 Å². The van der Waals surface area contributed by atoms with Crippen LogP contribution >= 0.6 is 29.4 Å². The van der Waals surface area contributed by atoms with Crippen molar-refractivity contribution in [2.75, 3.05) is 48.5 Å². The number of fused-ring (bicyclic) bond motifs is 1. The van der Waals surface area contributed by atoms with Crippen LogP contribution in [0, 0.1) is 11.2 Å². The number of alkyl halides is 2. The predicted octanol–water partition coefficient (Wildman–Crippen LogP) is 7.68. The number of thioether (sulfide) groups is 1. The highest BCUT2D eigenvalue weighted by Gasteiger charge is 2.24. The van der Waals surface area contributed by atoms with E-state index >= 15 is 0 Å². The van der Waals surface area contributed by atoms with Crippen LogP contribution in [0.2, 0.25) is 0 Å². The van der Waals surface area contributed by atoms with Gasteiger partial charge in [0, 0.05) is 12.8 Å². The Hall–Kier alpha value is -1.42. The Morgan fingerprint density at radius 2 is 1.75 bits per heavy atom. The maximum absolute atomic E-state index is 13.1. The van der Waals surface area contributed by atoms with E-state index in [2.05, 4.69) is 26.1 Å². The Morgan fingerprint density at radius 1 is 1.09 bits per heavy atom. The van der Waals surface area contributed by atoms with Gasteiger partial charge in [0.2, 0.25) is 5.92 Å². The van der Waals surface area contributed by atoms with Crippen LogP contribution < -0.4 is 5.73 Å². The van der Waals surface area contributed by atoms with Crippen LogP contribution in [-0.4, -0.2) is 79.2 Å². The van der Waals surface area contributed by atoms with Gasteiger partial charge in [0.05, 0.1) is 25.6 Å². The largest absolute Gasteiger partial charge is 0.382 e. The summed E-state index contributed by atoms with van der Waals surface area (Å²) in [5.41, 5.74) is 6.91. The molecule has 1 unspecified atom stereocenters. The van der Waals surface area contributed by atoms with Crippen molar-refractivity contribution in [3.63, 3.8) is 0 Å². The van der Waals surface area contributed by atoms with Crippen molar-refractivity contribution in [3.05, 3.63) is 12.7 Å². The van der Waals surface area contributed by atoms with E-state index in [-0.39, 0.29) is 25.5 Å². The fraction of sp³-hybridized carbons (Fsp3) is 0.767. The molecule has 0 spiro atoms. The maximum atomic E-state index is 13.1. The first-order valence-corrected chi connectivity index (χ1v) is 21.0. The molecule has 0 fully saturated rings. The Morgan fingerprint density at radius 3 is 2.45 bits per heavy atom. The summed E-state index contributed by atoms with van der Waals surface area (Å²) in [6.45, 7) is 3.41. The third-order valence-corrected chi connectivity index (χ3v) is 11.0. The van der Waals surface area contributed by atoms with Crippen molar-refractivity contribution >= 4 is 46.4 Å². The molecule has 0 amide bonds. The molecule has 0 aromatic carbocycles. The summed E-state index contributed by atoms with van der Waals surface area (Å²) >= 11 is 1.85. The highest BCUT2D eigenvalue weighted by atomic mass is 32.3. The molecule has 9 nitrogen and oxygen atoms in total. The minimum Gasteiger partial charge on any atom is -0.382 e. The minimum absolute atomic E-state index is 0.0783. The molecule has 3 N–H and O–H groups in total. The van der Waals surface area contributed by atoms with E-state index in [0.717, 1.165) is 31.3 Å². The number of anilines is 1. The lowest BCUT2D eigenvalue weighted by atomic mass is 10.1. The zero-order chi connectivity index (χ0) is 32.5. The number of halogens is 2. The third kappa shape index (κ3) is 17.3. The molecular formula is C30H52F2N5O4PS2. The number of nitrogens with two attached hydrogens (primary N) is 1. The number of hydrogen-bond donors (Lipinski definition) is 2. The molecular weight excluding hydrogens is 627 g/mol. The van der Waals surface area contributed by atoms with Crippen molar-refractivity contribution in [1.82, 2.24) is 19.5 Å². The number of rotatable bonds is 23.